The van der Waals surface area contributed by atoms with Gasteiger partial charge in [0.05, 0.1) is 5.56 Å². The molecule has 24 heavy (non-hydrogen) atoms. The number of amides is 1. The standard InChI is InChI=1S/C19H25N3O.ClH/c1-13-12-18(14(2)22(13)17-6-4-3-5-7-17)19(23)21-16-10-8-15(20)9-11-16;/h3-7,12,15-16H,8-11,20H2,1-2H3,(H,21,23);1H. The molecule has 0 spiro atoms. The summed E-state index contributed by atoms with van der Waals surface area (Å²) in [5.74, 6) is 0.0285. The van der Waals surface area contributed by atoms with Gasteiger partial charge in [-0.25, -0.2) is 0 Å². The number of benzene rings is 1. The number of para-hydroxylation sites is 1. The van der Waals surface area contributed by atoms with Crippen molar-refractivity contribution in [3.05, 3.63) is 53.3 Å². The fourth-order valence-corrected chi connectivity index (χ4v) is 3.49. The Kier molecular flexibility index (Phi) is 6.08. The van der Waals surface area contributed by atoms with Crippen LogP contribution in [0, 0.1) is 13.8 Å². The molecule has 0 unspecified atom stereocenters. The van der Waals surface area contributed by atoms with Crippen molar-refractivity contribution in [2.75, 3.05) is 0 Å². The van der Waals surface area contributed by atoms with Crippen LogP contribution in [0.25, 0.3) is 5.69 Å². The molecule has 3 N–H and O–H groups in total. The van der Waals surface area contributed by atoms with Crippen LogP contribution in [-0.4, -0.2) is 22.6 Å². The van der Waals surface area contributed by atoms with E-state index in [4.69, 9.17) is 5.73 Å². The van der Waals surface area contributed by atoms with Crippen molar-refractivity contribution in [1.29, 1.82) is 0 Å². The maximum atomic E-state index is 12.7. The first-order chi connectivity index (χ1) is 11.1. The van der Waals surface area contributed by atoms with Gasteiger partial charge in [0.15, 0.2) is 0 Å². The zero-order valence-corrected chi connectivity index (χ0v) is 15.1. The second kappa shape index (κ2) is 7.86. The molecule has 1 aliphatic carbocycles. The van der Waals surface area contributed by atoms with Crippen LogP contribution in [0.5, 0.6) is 0 Å². The predicted molar refractivity (Wildman–Crippen MR) is 100 cm³/mol. The fraction of sp³-hybridized carbons (Fsp3) is 0.421. The van der Waals surface area contributed by atoms with Gasteiger partial charge in [-0.05, 0) is 57.7 Å². The molecule has 1 aromatic heterocycles. The minimum Gasteiger partial charge on any atom is -0.349 e. The average Bonchev–Trinajstić information content (AvgIpc) is 2.85. The largest absolute Gasteiger partial charge is 0.349 e. The van der Waals surface area contributed by atoms with E-state index < -0.39 is 0 Å². The Bertz CT molecular complexity index is 688. The molecule has 1 aromatic carbocycles. The van der Waals surface area contributed by atoms with Crippen LogP contribution in [0.4, 0.5) is 0 Å². The van der Waals surface area contributed by atoms with Crippen LogP contribution in [0.15, 0.2) is 36.4 Å². The van der Waals surface area contributed by atoms with E-state index in [1.807, 2.05) is 38.1 Å². The van der Waals surface area contributed by atoms with Gasteiger partial charge in [-0.15, -0.1) is 12.4 Å². The van der Waals surface area contributed by atoms with Crippen molar-refractivity contribution < 1.29 is 4.79 Å². The normalized spacial score (nSPS) is 20.3. The second-order valence-corrected chi connectivity index (χ2v) is 6.54. The molecule has 2 aromatic rings. The van der Waals surface area contributed by atoms with Crippen molar-refractivity contribution in [1.82, 2.24) is 9.88 Å². The van der Waals surface area contributed by atoms with Crippen LogP contribution < -0.4 is 11.1 Å². The van der Waals surface area contributed by atoms with Gasteiger partial charge in [-0.3, -0.25) is 4.79 Å². The number of carbonyl (C=O) groups is 1. The molecule has 1 fully saturated rings. The van der Waals surface area contributed by atoms with Gasteiger partial charge < -0.3 is 15.6 Å². The quantitative estimate of drug-likeness (QED) is 0.892. The highest BCUT2D eigenvalue weighted by molar-refractivity contribution is 5.96. The summed E-state index contributed by atoms with van der Waals surface area (Å²) < 4.78 is 2.13. The molecular formula is C19H26ClN3O. The molecule has 0 bridgehead atoms. The highest BCUT2D eigenvalue weighted by atomic mass is 35.5. The van der Waals surface area contributed by atoms with Gasteiger partial charge in [0.2, 0.25) is 0 Å². The van der Waals surface area contributed by atoms with Crippen LogP contribution in [-0.2, 0) is 0 Å². The lowest BCUT2D eigenvalue weighted by molar-refractivity contribution is 0.0925. The molecule has 130 valence electrons. The maximum Gasteiger partial charge on any atom is 0.253 e. The topological polar surface area (TPSA) is 60.1 Å². The summed E-state index contributed by atoms with van der Waals surface area (Å²) in [7, 11) is 0. The molecular weight excluding hydrogens is 322 g/mol. The number of hydrogen-bond acceptors (Lipinski definition) is 2. The number of aromatic nitrogens is 1. The van der Waals surface area contributed by atoms with Gasteiger partial charge in [-0.1, -0.05) is 18.2 Å². The SMILES string of the molecule is Cc1cc(C(=O)NC2CCC(N)CC2)c(C)n1-c1ccccc1.Cl. The molecule has 1 saturated carbocycles. The third-order valence-electron chi connectivity index (χ3n) is 4.80. The number of carbonyl (C=O) groups excluding carboxylic acids is 1. The number of hydrogen-bond donors (Lipinski definition) is 2. The van der Waals surface area contributed by atoms with Gasteiger partial charge in [0.25, 0.3) is 5.91 Å². The molecule has 5 heteroatoms. The highest BCUT2D eigenvalue weighted by Gasteiger charge is 2.23. The van der Waals surface area contributed by atoms with Crippen LogP contribution in [0.2, 0.25) is 0 Å². The first-order valence-corrected chi connectivity index (χ1v) is 8.37. The molecule has 0 radical (unpaired) electrons. The van der Waals surface area contributed by atoms with E-state index in [9.17, 15) is 4.79 Å². The van der Waals surface area contributed by atoms with Crippen LogP contribution in [0.3, 0.4) is 0 Å². The van der Waals surface area contributed by atoms with E-state index in [1.54, 1.807) is 0 Å². The first-order valence-electron chi connectivity index (χ1n) is 8.37. The zero-order valence-electron chi connectivity index (χ0n) is 14.3. The van der Waals surface area contributed by atoms with E-state index in [2.05, 4.69) is 22.0 Å². The highest BCUT2D eigenvalue weighted by Crippen LogP contribution is 2.22. The monoisotopic (exact) mass is 347 g/mol. The molecule has 1 amide bonds. The maximum absolute atomic E-state index is 12.7. The third-order valence-corrected chi connectivity index (χ3v) is 4.80. The number of nitrogens with two attached hydrogens (primary N) is 1. The molecule has 0 saturated heterocycles. The minimum atomic E-state index is 0. The van der Waals surface area contributed by atoms with Gasteiger partial charge in [0.1, 0.15) is 0 Å². The van der Waals surface area contributed by atoms with Gasteiger partial charge >= 0.3 is 0 Å². The van der Waals surface area contributed by atoms with E-state index in [-0.39, 0.29) is 24.4 Å². The fourth-order valence-electron chi connectivity index (χ4n) is 3.49. The summed E-state index contributed by atoms with van der Waals surface area (Å²) in [6.45, 7) is 4.04. The smallest absolute Gasteiger partial charge is 0.253 e. The Morgan fingerprint density at radius 3 is 2.38 bits per heavy atom. The van der Waals surface area contributed by atoms with E-state index in [0.29, 0.717) is 6.04 Å². The van der Waals surface area contributed by atoms with E-state index >= 15 is 0 Å². The summed E-state index contributed by atoms with van der Waals surface area (Å²) in [4.78, 5) is 12.7. The van der Waals surface area contributed by atoms with Gasteiger partial charge in [-0.2, -0.15) is 0 Å². The predicted octanol–water partition coefficient (Wildman–Crippen LogP) is 3.52. The first kappa shape index (κ1) is 18.6. The minimum absolute atomic E-state index is 0. The van der Waals surface area contributed by atoms with Crippen molar-refractivity contribution in [2.24, 2.45) is 5.73 Å². The Labute approximate surface area is 149 Å². The molecule has 0 atom stereocenters. The Balaban J connectivity index is 0.00000208. The van der Waals surface area contributed by atoms with Gasteiger partial charge in [0, 0.05) is 29.2 Å². The molecule has 3 rings (SSSR count). The Morgan fingerprint density at radius 1 is 1.12 bits per heavy atom. The van der Waals surface area contributed by atoms with E-state index in [0.717, 1.165) is 48.3 Å². The average molecular weight is 348 g/mol. The number of halogens is 1. The second-order valence-electron chi connectivity index (χ2n) is 6.54. The van der Waals surface area contributed by atoms with Crippen LogP contribution >= 0.6 is 12.4 Å². The number of rotatable bonds is 3. The van der Waals surface area contributed by atoms with Crippen molar-refractivity contribution >= 4 is 18.3 Å². The zero-order chi connectivity index (χ0) is 16.4. The third kappa shape index (κ3) is 3.82. The Hall–Kier alpha value is -1.78. The molecule has 4 nitrogen and oxygen atoms in total. The van der Waals surface area contributed by atoms with Crippen LogP contribution in [0.1, 0.15) is 47.4 Å². The number of nitrogens with one attached hydrogen (secondary N) is 1. The summed E-state index contributed by atoms with van der Waals surface area (Å²) in [6, 6.07) is 12.7. The summed E-state index contributed by atoms with van der Waals surface area (Å²) in [5.41, 5.74) is 9.85. The molecule has 0 aliphatic heterocycles. The molecule has 1 heterocycles. The summed E-state index contributed by atoms with van der Waals surface area (Å²) >= 11 is 0. The lowest BCUT2D eigenvalue weighted by Gasteiger charge is -2.26. The van der Waals surface area contributed by atoms with Crippen molar-refractivity contribution in [3.8, 4) is 5.69 Å². The van der Waals surface area contributed by atoms with E-state index in [1.165, 1.54) is 0 Å². The van der Waals surface area contributed by atoms with Crippen molar-refractivity contribution in [2.45, 2.75) is 51.6 Å². The lowest BCUT2D eigenvalue weighted by Crippen LogP contribution is -2.40. The number of nitrogens with zero attached hydrogens (tertiary/aromatic N) is 1. The summed E-state index contributed by atoms with van der Waals surface area (Å²) in [5, 5.41) is 3.18. The summed E-state index contributed by atoms with van der Waals surface area (Å²) in [6.07, 6.45) is 3.94. The number of aryl methyl sites for hydroxylation is 1. The lowest BCUT2D eigenvalue weighted by atomic mass is 9.91. The molecule has 1 aliphatic rings. The van der Waals surface area contributed by atoms with Crippen molar-refractivity contribution in [3.63, 3.8) is 0 Å². The Morgan fingerprint density at radius 2 is 1.75 bits per heavy atom.